The maximum Gasteiger partial charge on any atom is 0.0606 e. The van der Waals surface area contributed by atoms with Crippen molar-refractivity contribution >= 4 is 21.6 Å². The molecular formula is C14H23BrN2O. The third kappa shape index (κ3) is 4.26. The van der Waals surface area contributed by atoms with Gasteiger partial charge in [-0.25, -0.2) is 0 Å². The average Bonchev–Trinajstić information content (AvgIpc) is 2.36. The zero-order chi connectivity index (χ0) is 13.5. The van der Waals surface area contributed by atoms with Crippen LogP contribution in [0.5, 0.6) is 0 Å². The normalized spacial score (nSPS) is 12.5. The molecule has 0 fully saturated rings. The van der Waals surface area contributed by atoms with Gasteiger partial charge in [0.1, 0.15) is 0 Å². The van der Waals surface area contributed by atoms with Gasteiger partial charge < -0.3 is 15.3 Å². The summed E-state index contributed by atoms with van der Waals surface area (Å²) in [5.74, 6) is 0. The molecule has 2 N–H and O–H groups in total. The van der Waals surface area contributed by atoms with Crippen LogP contribution in [-0.4, -0.2) is 31.9 Å². The van der Waals surface area contributed by atoms with Gasteiger partial charge in [0.05, 0.1) is 6.61 Å². The molecule has 0 aliphatic carbocycles. The van der Waals surface area contributed by atoms with E-state index in [0.29, 0.717) is 12.6 Å². The smallest absolute Gasteiger partial charge is 0.0606 e. The number of aliphatic hydroxyl groups is 1. The molecule has 1 atom stereocenters. The second-order valence-electron chi connectivity index (χ2n) is 4.53. The molecule has 1 unspecified atom stereocenters. The van der Waals surface area contributed by atoms with Gasteiger partial charge >= 0.3 is 0 Å². The number of hydrogen-bond donors (Lipinski definition) is 2. The van der Waals surface area contributed by atoms with E-state index in [1.54, 1.807) is 0 Å². The second-order valence-corrected chi connectivity index (χ2v) is 5.38. The number of benzene rings is 1. The molecule has 0 heterocycles. The fourth-order valence-corrected chi connectivity index (χ4v) is 2.56. The second kappa shape index (κ2) is 7.77. The van der Waals surface area contributed by atoms with Crippen molar-refractivity contribution in [2.75, 3.05) is 31.6 Å². The topological polar surface area (TPSA) is 35.5 Å². The van der Waals surface area contributed by atoms with Gasteiger partial charge in [0.2, 0.25) is 0 Å². The first-order valence-electron chi connectivity index (χ1n) is 6.45. The van der Waals surface area contributed by atoms with Gasteiger partial charge in [-0.2, -0.15) is 0 Å². The van der Waals surface area contributed by atoms with E-state index < -0.39 is 0 Å². The van der Waals surface area contributed by atoms with Gasteiger partial charge in [0.15, 0.2) is 0 Å². The Kier molecular flexibility index (Phi) is 6.68. The van der Waals surface area contributed by atoms with Gasteiger partial charge in [-0.3, -0.25) is 0 Å². The molecule has 0 bridgehead atoms. The number of aliphatic hydroxyl groups excluding tert-OH is 1. The fraction of sp³-hybridized carbons (Fsp3) is 0.571. The lowest BCUT2D eigenvalue weighted by atomic mass is 10.1. The van der Waals surface area contributed by atoms with Crippen LogP contribution in [0.4, 0.5) is 5.69 Å². The van der Waals surface area contributed by atoms with E-state index in [9.17, 15) is 0 Å². The van der Waals surface area contributed by atoms with E-state index in [0.717, 1.165) is 23.1 Å². The van der Waals surface area contributed by atoms with Gasteiger partial charge in [0, 0.05) is 29.8 Å². The molecule has 102 valence electrons. The summed E-state index contributed by atoms with van der Waals surface area (Å²) in [6.45, 7) is 6.19. The molecule has 1 rings (SSSR count). The number of halogens is 1. The van der Waals surface area contributed by atoms with Crippen molar-refractivity contribution in [3.63, 3.8) is 0 Å². The molecule has 0 amide bonds. The SMILES string of the molecule is CCCNC(C)c1ccc(N(C)CCO)cc1Br. The molecule has 1 aromatic carbocycles. The number of anilines is 1. The molecule has 0 saturated heterocycles. The maximum atomic E-state index is 8.94. The minimum atomic E-state index is 0.171. The largest absolute Gasteiger partial charge is 0.395 e. The number of nitrogens with one attached hydrogen (secondary N) is 1. The predicted octanol–water partition coefficient (Wildman–Crippen LogP) is 2.94. The molecule has 0 saturated carbocycles. The van der Waals surface area contributed by atoms with Crippen molar-refractivity contribution in [3.8, 4) is 0 Å². The highest BCUT2D eigenvalue weighted by atomic mass is 79.9. The van der Waals surface area contributed by atoms with Crippen LogP contribution in [0.15, 0.2) is 22.7 Å². The third-order valence-electron chi connectivity index (χ3n) is 3.03. The quantitative estimate of drug-likeness (QED) is 0.812. The maximum absolute atomic E-state index is 8.94. The van der Waals surface area contributed by atoms with Crippen molar-refractivity contribution in [3.05, 3.63) is 28.2 Å². The van der Waals surface area contributed by atoms with Crippen LogP contribution < -0.4 is 10.2 Å². The molecule has 4 heteroatoms. The van der Waals surface area contributed by atoms with Crippen LogP contribution in [-0.2, 0) is 0 Å². The van der Waals surface area contributed by atoms with Crippen molar-refractivity contribution in [1.29, 1.82) is 0 Å². The molecule has 0 spiro atoms. The van der Waals surface area contributed by atoms with E-state index in [4.69, 9.17) is 5.11 Å². The Morgan fingerprint density at radius 3 is 2.72 bits per heavy atom. The van der Waals surface area contributed by atoms with Gasteiger partial charge in [0.25, 0.3) is 0 Å². The molecule has 18 heavy (non-hydrogen) atoms. The van der Waals surface area contributed by atoms with E-state index in [1.807, 2.05) is 11.9 Å². The lowest BCUT2D eigenvalue weighted by Gasteiger charge is -2.21. The highest BCUT2D eigenvalue weighted by Gasteiger charge is 2.10. The van der Waals surface area contributed by atoms with Crippen molar-refractivity contribution in [2.24, 2.45) is 0 Å². The average molecular weight is 315 g/mol. The van der Waals surface area contributed by atoms with Crippen LogP contribution in [0.3, 0.4) is 0 Å². The van der Waals surface area contributed by atoms with Crippen molar-refractivity contribution in [1.82, 2.24) is 5.32 Å². The lowest BCUT2D eigenvalue weighted by molar-refractivity contribution is 0.304. The molecule has 3 nitrogen and oxygen atoms in total. The number of hydrogen-bond acceptors (Lipinski definition) is 3. The first-order valence-corrected chi connectivity index (χ1v) is 7.24. The molecule has 0 aromatic heterocycles. The molecule has 0 aliphatic rings. The first-order chi connectivity index (χ1) is 8.60. The Balaban J connectivity index is 2.78. The summed E-state index contributed by atoms with van der Waals surface area (Å²) in [5.41, 5.74) is 2.38. The lowest BCUT2D eigenvalue weighted by Crippen LogP contribution is -2.22. The van der Waals surface area contributed by atoms with Gasteiger partial charge in [-0.05, 0) is 37.6 Å². The zero-order valence-electron chi connectivity index (χ0n) is 11.4. The summed E-state index contributed by atoms with van der Waals surface area (Å²) in [4.78, 5) is 2.04. The summed E-state index contributed by atoms with van der Waals surface area (Å²) >= 11 is 3.63. The number of nitrogens with zero attached hydrogens (tertiary/aromatic N) is 1. The monoisotopic (exact) mass is 314 g/mol. The Hall–Kier alpha value is -0.580. The van der Waals surface area contributed by atoms with Crippen LogP contribution in [0.2, 0.25) is 0 Å². The van der Waals surface area contributed by atoms with Crippen molar-refractivity contribution in [2.45, 2.75) is 26.3 Å². The highest BCUT2D eigenvalue weighted by molar-refractivity contribution is 9.10. The fourth-order valence-electron chi connectivity index (χ4n) is 1.85. The zero-order valence-corrected chi connectivity index (χ0v) is 13.0. The van der Waals surface area contributed by atoms with Crippen LogP contribution in [0.1, 0.15) is 31.9 Å². The Labute approximate surface area is 118 Å². The van der Waals surface area contributed by atoms with Crippen LogP contribution >= 0.6 is 15.9 Å². The summed E-state index contributed by atoms with van der Waals surface area (Å²) in [6, 6.07) is 6.69. The molecule has 0 aliphatic heterocycles. The first kappa shape index (κ1) is 15.5. The van der Waals surface area contributed by atoms with E-state index in [2.05, 4.69) is 53.3 Å². The Morgan fingerprint density at radius 1 is 1.44 bits per heavy atom. The Morgan fingerprint density at radius 2 is 2.17 bits per heavy atom. The number of rotatable bonds is 7. The van der Waals surface area contributed by atoms with Crippen molar-refractivity contribution < 1.29 is 5.11 Å². The summed E-state index contributed by atoms with van der Waals surface area (Å²) in [7, 11) is 1.98. The van der Waals surface area contributed by atoms with E-state index >= 15 is 0 Å². The summed E-state index contributed by atoms with van der Waals surface area (Å²) < 4.78 is 1.11. The van der Waals surface area contributed by atoms with Gasteiger partial charge in [-0.15, -0.1) is 0 Å². The summed E-state index contributed by atoms with van der Waals surface area (Å²) in [5, 5.41) is 12.4. The Bertz CT molecular complexity index is 371. The van der Waals surface area contributed by atoms with Crippen LogP contribution in [0.25, 0.3) is 0 Å². The van der Waals surface area contributed by atoms with E-state index in [-0.39, 0.29) is 6.61 Å². The molecule has 1 aromatic rings. The van der Waals surface area contributed by atoms with Gasteiger partial charge in [-0.1, -0.05) is 28.9 Å². The highest BCUT2D eigenvalue weighted by Crippen LogP contribution is 2.27. The molecular weight excluding hydrogens is 292 g/mol. The predicted molar refractivity (Wildman–Crippen MR) is 81.2 cm³/mol. The van der Waals surface area contributed by atoms with E-state index in [1.165, 1.54) is 5.56 Å². The minimum Gasteiger partial charge on any atom is -0.395 e. The number of likely N-dealkylation sites (N-methyl/N-ethyl adjacent to an activating group) is 1. The van der Waals surface area contributed by atoms with Crippen LogP contribution in [0, 0.1) is 0 Å². The third-order valence-corrected chi connectivity index (χ3v) is 3.71. The summed E-state index contributed by atoms with van der Waals surface area (Å²) in [6.07, 6.45) is 1.14. The molecule has 0 radical (unpaired) electrons. The minimum absolute atomic E-state index is 0.171. The standard InChI is InChI=1S/C14H23BrN2O/c1-4-7-16-11(2)13-6-5-12(10-14(13)15)17(3)8-9-18/h5-6,10-11,16,18H,4,7-9H2,1-3H3.